The van der Waals surface area contributed by atoms with Crippen LogP contribution < -0.4 is 10.1 Å². The molecule has 12 heteroatoms. The zero-order valence-electron chi connectivity index (χ0n) is 24.8. The number of pyridine rings is 1. The van der Waals surface area contributed by atoms with E-state index in [4.69, 9.17) is 9.47 Å². The summed E-state index contributed by atoms with van der Waals surface area (Å²) in [4.78, 5) is 21.4. The second-order valence-corrected chi connectivity index (χ2v) is 11.6. The molecule has 0 aliphatic carbocycles. The molecule has 0 spiro atoms. The van der Waals surface area contributed by atoms with Gasteiger partial charge in [-0.25, -0.2) is 17.6 Å². The van der Waals surface area contributed by atoms with Crippen molar-refractivity contribution in [1.29, 1.82) is 0 Å². The number of hydrogen-bond donors (Lipinski definition) is 2. The third-order valence-corrected chi connectivity index (χ3v) is 8.89. The lowest BCUT2D eigenvalue weighted by Crippen LogP contribution is -2.45. The number of carboxylic acids is 1. The Labute approximate surface area is 253 Å². The summed E-state index contributed by atoms with van der Waals surface area (Å²) in [5, 5.41) is 13.8. The van der Waals surface area contributed by atoms with Gasteiger partial charge in [0, 0.05) is 67.7 Å². The molecule has 3 aromatic rings. The van der Waals surface area contributed by atoms with Crippen LogP contribution in [0.2, 0.25) is 0 Å². The summed E-state index contributed by atoms with van der Waals surface area (Å²) in [6.07, 6.45) is 1.23. The van der Waals surface area contributed by atoms with Crippen LogP contribution >= 0.6 is 0 Å². The van der Waals surface area contributed by atoms with Crippen molar-refractivity contribution in [3.8, 4) is 5.75 Å². The van der Waals surface area contributed by atoms with Gasteiger partial charge in [-0.3, -0.25) is 14.7 Å². The van der Waals surface area contributed by atoms with E-state index in [0.717, 1.165) is 30.8 Å². The highest BCUT2D eigenvalue weighted by Gasteiger charge is 2.42. The number of methoxy groups -OCH3 is 1. The van der Waals surface area contributed by atoms with E-state index in [1.807, 2.05) is 0 Å². The first-order valence-electron chi connectivity index (χ1n) is 14.9. The van der Waals surface area contributed by atoms with E-state index >= 15 is 4.39 Å². The van der Waals surface area contributed by atoms with Gasteiger partial charge in [-0.2, -0.15) is 0 Å². The summed E-state index contributed by atoms with van der Waals surface area (Å²) in [7, 11) is 1.56. The molecule has 2 saturated heterocycles. The molecule has 1 aromatic heterocycles. The number of nitrogens with zero attached hydrogens (tertiary/aromatic N) is 3. The molecular formula is C32H38F4N4O4. The molecule has 5 rings (SSSR count). The smallest absolute Gasteiger partial charge is 0.309 e. The lowest BCUT2D eigenvalue weighted by molar-refractivity contribution is -0.153. The Balaban J connectivity index is 1.25. The number of aromatic nitrogens is 1. The highest BCUT2D eigenvalue weighted by atomic mass is 19.2. The molecule has 8 nitrogen and oxygen atoms in total. The molecule has 238 valence electrons. The Morgan fingerprint density at radius 3 is 2.45 bits per heavy atom. The van der Waals surface area contributed by atoms with E-state index in [1.165, 1.54) is 0 Å². The largest absolute Gasteiger partial charge is 0.497 e. The molecule has 44 heavy (non-hydrogen) atoms. The van der Waals surface area contributed by atoms with E-state index in [1.54, 1.807) is 31.5 Å². The number of rotatable bonds is 12. The Morgan fingerprint density at radius 2 is 1.80 bits per heavy atom. The first-order valence-corrected chi connectivity index (χ1v) is 14.9. The van der Waals surface area contributed by atoms with Crippen molar-refractivity contribution >= 4 is 22.6 Å². The van der Waals surface area contributed by atoms with Crippen LogP contribution in [-0.4, -0.2) is 85.5 Å². The number of fused-ring (bicyclic) bond motifs is 1. The van der Waals surface area contributed by atoms with E-state index in [0.29, 0.717) is 81.0 Å². The lowest BCUT2D eigenvalue weighted by atomic mass is 9.74. The minimum Gasteiger partial charge on any atom is -0.497 e. The van der Waals surface area contributed by atoms with Crippen LogP contribution in [0.3, 0.4) is 0 Å². The van der Waals surface area contributed by atoms with Gasteiger partial charge in [0.25, 0.3) is 0 Å². The summed E-state index contributed by atoms with van der Waals surface area (Å²) in [5.74, 6) is -4.40. The number of carboxylic acid groups (broad SMARTS) is 1. The van der Waals surface area contributed by atoms with Gasteiger partial charge >= 0.3 is 5.97 Å². The average Bonchev–Trinajstić information content (AvgIpc) is 3.03. The van der Waals surface area contributed by atoms with E-state index < -0.39 is 35.0 Å². The van der Waals surface area contributed by atoms with Gasteiger partial charge in [0.15, 0.2) is 17.5 Å². The molecule has 0 saturated carbocycles. The summed E-state index contributed by atoms with van der Waals surface area (Å²) in [5.41, 5.74) is 1.00. The molecule has 1 unspecified atom stereocenters. The van der Waals surface area contributed by atoms with Crippen LogP contribution in [-0.2, 0) is 16.1 Å². The molecule has 2 aliphatic rings. The second-order valence-electron chi connectivity index (χ2n) is 11.6. The van der Waals surface area contributed by atoms with Gasteiger partial charge in [-0.05, 0) is 62.5 Å². The van der Waals surface area contributed by atoms with Crippen molar-refractivity contribution < 1.29 is 36.9 Å². The van der Waals surface area contributed by atoms with Crippen LogP contribution in [0.1, 0.15) is 43.0 Å². The van der Waals surface area contributed by atoms with Gasteiger partial charge in [0.05, 0.1) is 31.3 Å². The SMILES string of the molecule is COc1ccc2ncc(CN3CCOCC3)c(C(F)CCC3(C(=O)O)CCN(CCNc4cc(F)c(F)c(F)c4)CC3)c2c1. The Morgan fingerprint density at radius 1 is 1.09 bits per heavy atom. The summed E-state index contributed by atoms with van der Waals surface area (Å²) in [6, 6.07) is 7.17. The number of nitrogens with one attached hydrogen (secondary N) is 1. The van der Waals surface area contributed by atoms with Gasteiger partial charge in [0.1, 0.15) is 11.9 Å². The van der Waals surface area contributed by atoms with Crippen molar-refractivity contribution in [1.82, 2.24) is 14.8 Å². The Kier molecular flexibility index (Phi) is 10.2. The highest BCUT2D eigenvalue weighted by Crippen LogP contribution is 2.41. The number of morpholine rings is 1. The summed E-state index contributed by atoms with van der Waals surface area (Å²) >= 11 is 0. The summed E-state index contributed by atoms with van der Waals surface area (Å²) < 4.78 is 67.5. The molecular weight excluding hydrogens is 580 g/mol. The zero-order chi connectivity index (χ0) is 31.3. The molecule has 0 amide bonds. The standard InChI is InChI=1S/C32H38F4N4O4/c1-43-23-2-3-28-24(18-23)29(21(19-38-28)20-40-12-14-44-15-13-40)25(33)4-5-32(31(41)42)6-9-39(10-7-32)11-8-37-22-16-26(34)30(36)27(35)17-22/h2-3,16-19,25,37H,4-15,20H2,1H3,(H,41,42). The molecule has 2 aliphatic heterocycles. The summed E-state index contributed by atoms with van der Waals surface area (Å²) in [6.45, 7) is 5.00. The molecule has 0 radical (unpaired) electrons. The van der Waals surface area contributed by atoms with Crippen molar-refractivity contribution in [2.75, 3.05) is 64.9 Å². The lowest BCUT2D eigenvalue weighted by Gasteiger charge is -2.39. The average molecular weight is 619 g/mol. The van der Waals surface area contributed by atoms with Crippen molar-refractivity contribution in [2.45, 2.75) is 38.4 Å². The number of anilines is 1. The van der Waals surface area contributed by atoms with E-state index in [2.05, 4.69) is 20.1 Å². The maximum atomic E-state index is 16.4. The third kappa shape index (κ3) is 7.24. The zero-order valence-corrected chi connectivity index (χ0v) is 24.8. The first-order chi connectivity index (χ1) is 21.2. The number of piperidine rings is 1. The van der Waals surface area contributed by atoms with Crippen LogP contribution in [0, 0.1) is 22.9 Å². The van der Waals surface area contributed by atoms with Gasteiger partial charge in [-0.15, -0.1) is 0 Å². The maximum Gasteiger partial charge on any atom is 0.309 e. The third-order valence-electron chi connectivity index (χ3n) is 8.89. The van der Waals surface area contributed by atoms with Crippen LogP contribution in [0.25, 0.3) is 10.9 Å². The van der Waals surface area contributed by atoms with Crippen LogP contribution in [0.5, 0.6) is 5.75 Å². The van der Waals surface area contributed by atoms with Gasteiger partial charge in [0.2, 0.25) is 0 Å². The first kappa shape index (κ1) is 31.9. The quantitative estimate of drug-likeness (QED) is 0.202. The van der Waals surface area contributed by atoms with Crippen LogP contribution in [0.15, 0.2) is 36.5 Å². The molecule has 2 fully saturated rings. The fourth-order valence-electron chi connectivity index (χ4n) is 6.20. The number of ether oxygens (including phenoxy) is 2. The predicted octanol–water partition coefficient (Wildman–Crippen LogP) is 5.56. The Hall–Kier alpha value is -3.48. The second kappa shape index (κ2) is 14.1. The number of benzene rings is 2. The topological polar surface area (TPSA) is 87.2 Å². The van der Waals surface area contributed by atoms with Gasteiger partial charge < -0.3 is 24.8 Å². The highest BCUT2D eigenvalue weighted by molar-refractivity contribution is 5.85. The fourth-order valence-corrected chi connectivity index (χ4v) is 6.20. The predicted molar refractivity (Wildman–Crippen MR) is 158 cm³/mol. The fraction of sp³-hybridized carbons (Fsp3) is 0.500. The van der Waals surface area contributed by atoms with Crippen molar-refractivity contribution in [3.05, 3.63) is 65.1 Å². The molecule has 0 bridgehead atoms. The van der Waals surface area contributed by atoms with Crippen molar-refractivity contribution in [2.24, 2.45) is 5.41 Å². The van der Waals surface area contributed by atoms with Crippen molar-refractivity contribution in [3.63, 3.8) is 0 Å². The monoisotopic (exact) mass is 618 g/mol. The molecule has 2 N–H and O–H groups in total. The number of likely N-dealkylation sites (tertiary alicyclic amines) is 1. The number of carbonyl (C=O) groups is 1. The molecule has 2 aromatic carbocycles. The molecule has 3 heterocycles. The molecule has 1 atom stereocenters. The minimum atomic E-state index is -1.52. The maximum absolute atomic E-state index is 16.4. The minimum absolute atomic E-state index is 0.0436. The number of aliphatic carboxylic acids is 1. The normalized spacial score (nSPS) is 18.3. The number of alkyl halides is 1. The number of hydrogen-bond acceptors (Lipinski definition) is 7. The van der Waals surface area contributed by atoms with Gasteiger partial charge in [-0.1, -0.05) is 0 Å². The van der Waals surface area contributed by atoms with E-state index in [9.17, 15) is 23.1 Å². The van der Waals surface area contributed by atoms with E-state index in [-0.39, 0.29) is 18.5 Å². The van der Waals surface area contributed by atoms with Crippen LogP contribution in [0.4, 0.5) is 23.2 Å². The number of halogens is 4. The Bertz CT molecular complexity index is 1440.